The van der Waals surface area contributed by atoms with Crippen molar-refractivity contribution in [1.82, 2.24) is 0 Å². The number of anilines is 1. The molecule has 0 radical (unpaired) electrons. The second-order valence-corrected chi connectivity index (χ2v) is 4.77. The minimum Gasteiger partial charge on any atom is -0.385 e. The van der Waals surface area contributed by atoms with E-state index in [0.717, 1.165) is 51.5 Å². The predicted molar refractivity (Wildman–Crippen MR) is 74.0 cm³/mol. The van der Waals surface area contributed by atoms with E-state index in [1.165, 1.54) is 0 Å². The summed E-state index contributed by atoms with van der Waals surface area (Å²) in [5.74, 6) is 0.589. The molecule has 0 saturated carbocycles. The van der Waals surface area contributed by atoms with E-state index in [0.29, 0.717) is 11.5 Å². The van der Waals surface area contributed by atoms with Gasteiger partial charge in [-0.2, -0.15) is 5.26 Å². The first-order valence-electron chi connectivity index (χ1n) is 6.78. The first-order valence-corrected chi connectivity index (χ1v) is 6.78. The van der Waals surface area contributed by atoms with Crippen molar-refractivity contribution in [2.75, 3.05) is 38.3 Å². The lowest BCUT2D eigenvalue weighted by Crippen LogP contribution is -2.12. The van der Waals surface area contributed by atoms with Crippen LogP contribution < -0.4 is 5.32 Å². The van der Waals surface area contributed by atoms with Crippen molar-refractivity contribution in [2.24, 2.45) is 5.92 Å². The molecule has 102 valence electrons. The number of ether oxygens (including phenoxy) is 2. The molecule has 4 heteroatoms. The van der Waals surface area contributed by atoms with E-state index >= 15 is 0 Å². The van der Waals surface area contributed by atoms with Crippen molar-refractivity contribution in [2.45, 2.75) is 12.8 Å². The molecule has 1 atom stereocenters. The summed E-state index contributed by atoms with van der Waals surface area (Å²) >= 11 is 0. The Hall–Kier alpha value is -1.57. The van der Waals surface area contributed by atoms with Crippen molar-refractivity contribution in [3.8, 4) is 6.07 Å². The van der Waals surface area contributed by atoms with E-state index < -0.39 is 0 Å². The Bertz CT molecular complexity index is 405. The van der Waals surface area contributed by atoms with Crippen LogP contribution >= 0.6 is 0 Å². The highest BCUT2D eigenvalue weighted by molar-refractivity contribution is 5.46. The van der Waals surface area contributed by atoms with Gasteiger partial charge >= 0.3 is 0 Å². The van der Waals surface area contributed by atoms with Gasteiger partial charge in [0.2, 0.25) is 0 Å². The predicted octanol–water partition coefficient (Wildman–Crippen LogP) is 2.41. The molecule has 2 rings (SSSR count). The van der Waals surface area contributed by atoms with Gasteiger partial charge < -0.3 is 14.8 Å². The Kier molecular flexibility index (Phi) is 5.67. The molecule has 0 amide bonds. The minimum atomic E-state index is 0.589. The number of nitrogens with one attached hydrogen (secondary N) is 1. The molecular formula is C15H20N2O2. The van der Waals surface area contributed by atoms with Crippen molar-refractivity contribution >= 4 is 5.69 Å². The Balaban J connectivity index is 1.52. The number of nitrogens with zero attached hydrogens (tertiary/aromatic N) is 1. The molecule has 1 unspecified atom stereocenters. The fraction of sp³-hybridized carbons (Fsp3) is 0.533. The van der Waals surface area contributed by atoms with Gasteiger partial charge in [0.15, 0.2) is 0 Å². The van der Waals surface area contributed by atoms with Gasteiger partial charge in [0, 0.05) is 31.4 Å². The van der Waals surface area contributed by atoms with Gasteiger partial charge in [-0.3, -0.25) is 0 Å². The van der Waals surface area contributed by atoms with E-state index in [-0.39, 0.29) is 0 Å². The molecule has 0 aliphatic carbocycles. The van der Waals surface area contributed by atoms with Gasteiger partial charge in [0.1, 0.15) is 0 Å². The molecule has 0 spiro atoms. The highest BCUT2D eigenvalue weighted by atomic mass is 16.5. The molecule has 1 aliphatic rings. The van der Waals surface area contributed by atoms with E-state index in [2.05, 4.69) is 11.4 Å². The number of hydrogen-bond acceptors (Lipinski definition) is 4. The SMILES string of the molecule is N#Cc1ccc(NCCCOCC2CCOC2)cc1. The maximum atomic E-state index is 8.70. The molecule has 1 saturated heterocycles. The third kappa shape index (κ3) is 4.90. The van der Waals surface area contributed by atoms with Crippen LogP contribution in [0, 0.1) is 17.2 Å². The maximum Gasteiger partial charge on any atom is 0.0991 e. The first kappa shape index (κ1) is 13.9. The second-order valence-electron chi connectivity index (χ2n) is 4.77. The summed E-state index contributed by atoms with van der Waals surface area (Å²) in [6.07, 6.45) is 2.11. The third-order valence-electron chi connectivity index (χ3n) is 3.19. The highest BCUT2D eigenvalue weighted by Crippen LogP contribution is 2.12. The lowest BCUT2D eigenvalue weighted by Gasteiger charge is -2.09. The van der Waals surface area contributed by atoms with Gasteiger partial charge in [-0.05, 0) is 37.1 Å². The lowest BCUT2D eigenvalue weighted by atomic mass is 10.1. The van der Waals surface area contributed by atoms with Crippen LogP contribution in [0.15, 0.2) is 24.3 Å². The van der Waals surface area contributed by atoms with Gasteiger partial charge in [0.25, 0.3) is 0 Å². The molecule has 1 fully saturated rings. The van der Waals surface area contributed by atoms with Gasteiger partial charge in [0.05, 0.1) is 24.8 Å². The van der Waals surface area contributed by atoms with Crippen molar-refractivity contribution in [3.05, 3.63) is 29.8 Å². The number of rotatable bonds is 7. The summed E-state index contributed by atoms with van der Waals surface area (Å²) in [5, 5.41) is 12.0. The van der Waals surface area contributed by atoms with E-state index in [4.69, 9.17) is 14.7 Å². The molecule has 0 bridgehead atoms. The topological polar surface area (TPSA) is 54.3 Å². The maximum absolute atomic E-state index is 8.70. The quantitative estimate of drug-likeness (QED) is 0.765. The van der Waals surface area contributed by atoms with E-state index in [1.807, 2.05) is 24.3 Å². The van der Waals surface area contributed by atoms with Crippen LogP contribution in [-0.4, -0.2) is 33.0 Å². The largest absolute Gasteiger partial charge is 0.385 e. The number of nitriles is 1. The van der Waals surface area contributed by atoms with Gasteiger partial charge in [-0.1, -0.05) is 0 Å². The van der Waals surface area contributed by atoms with Crippen molar-refractivity contribution in [1.29, 1.82) is 5.26 Å². The summed E-state index contributed by atoms with van der Waals surface area (Å²) in [7, 11) is 0. The van der Waals surface area contributed by atoms with Crippen LogP contribution in [0.1, 0.15) is 18.4 Å². The molecule has 0 aromatic heterocycles. The normalized spacial score (nSPS) is 18.2. The summed E-state index contributed by atoms with van der Waals surface area (Å²) in [5.41, 5.74) is 1.73. The van der Waals surface area contributed by atoms with Gasteiger partial charge in [-0.25, -0.2) is 0 Å². The summed E-state index contributed by atoms with van der Waals surface area (Å²) in [6, 6.07) is 9.60. The average Bonchev–Trinajstić information content (AvgIpc) is 2.96. The summed E-state index contributed by atoms with van der Waals surface area (Å²) in [6.45, 7) is 4.21. The zero-order chi connectivity index (χ0) is 13.3. The fourth-order valence-electron chi connectivity index (χ4n) is 2.03. The van der Waals surface area contributed by atoms with Crippen LogP contribution in [-0.2, 0) is 9.47 Å². The van der Waals surface area contributed by atoms with Crippen LogP contribution in [0.2, 0.25) is 0 Å². The fourth-order valence-corrected chi connectivity index (χ4v) is 2.03. The Labute approximate surface area is 114 Å². The standard InChI is InChI=1S/C15H20N2O2/c16-10-13-2-4-15(5-3-13)17-7-1-8-18-11-14-6-9-19-12-14/h2-5,14,17H,1,6-9,11-12H2. The van der Waals surface area contributed by atoms with Gasteiger partial charge in [-0.15, -0.1) is 0 Å². The first-order chi connectivity index (χ1) is 9.38. The molecule has 1 heterocycles. The smallest absolute Gasteiger partial charge is 0.0991 e. The van der Waals surface area contributed by atoms with Crippen LogP contribution in [0.3, 0.4) is 0 Å². The molecule has 4 nitrogen and oxygen atoms in total. The monoisotopic (exact) mass is 260 g/mol. The average molecular weight is 260 g/mol. The summed E-state index contributed by atoms with van der Waals surface area (Å²) in [4.78, 5) is 0. The second kappa shape index (κ2) is 7.78. The number of hydrogen-bond donors (Lipinski definition) is 1. The molecule has 1 aliphatic heterocycles. The molecule has 1 aromatic carbocycles. The van der Waals surface area contributed by atoms with E-state index in [1.54, 1.807) is 0 Å². The Morgan fingerprint density at radius 3 is 2.89 bits per heavy atom. The molecule has 19 heavy (non-hydrogen) atoms. The highest BCUT2D eigenvalue weighted by Gasteiger charge is 2.14. The minimum absolute atomic E-state index is 0.589. The zero-order valence-electron chi connectivity index (χ0n) is 11.1. The third-order valence-corrected chi connectivity index (χ3v) is 3.19. The zero-order valence-corrected chi connectivity index (χ0v) is 11.1. The lowest BCUT2D eigenvalue weighted by molar-refractivity contribution is 0.0897. The molecular weight excluding hydrogens is 240 g/mol. The van der Waals surface area contributed by atoms with Crippen LogP contribution in [0.5, 0.6) is 0 Å². The Morgan fingerprint density at radius 1 is 1.37 bits per heavy atom. The Morgan fingerprint density at radius 2 is 2.21 bits per heavy atom. The summed E-state index contributed by atoms with van der Waals surface area (Å²) < 4.78 is 10.9. The van der Waals surface area contributed by atoms with E-state index in [9.17, 15) is 0 Å². The van der Waals surface area contributed by atoms with Crippen LogP contribution in [0.4, 0.5) is 5.69 Å². The molecule has 1 N–H and O–H groups in total. The number of benzene rings is 1. The van der Waals surface area contributed by atoms with Crippen molar-refractivity contribution < 1.29 is 9.47 Å². The van der Waals surface area contributed by atoms with Crippen LogP contribution in [0.25, 0.3) is 0 Å². The molecule has 1 aromatic rings. The van der Waals surface area contributed by atoms with Crippen molar-refractivity contribution in [3.63, 3.8) is 0 Å².